The Morgan fingerprint density at radius 3 is 2.47 bits per heavy atom. The van der Waals surface area contributed by atoms with Crippen LogP contribution in [0.15, 0.2) is 60.8 Å². The number of anilines is 1. The molecule has 0 spiro atoms. The molecule has 0 bridgehead atoms. The maximum Gasteiger partial charge on any atom is 0.280 e. The Hall–Kier alpha value is -2.99. The van der Waals surface area contributed by atoms with Gasteiger partial charge in [0.2, 0.25) is 0 Å². The average Bonchev–Trinajstić information content (AvgIpc) is 3.39. The minimum atomic E-state index is -0.136. The number of para-hydroxylation sites is 1. The monoisotopic (exact) mass is 418 g/mol. The van der Waals surface area contributed by atoms with E-state index < -0.39 is 0 Å². The summed E-state index contributed by atoms with van der Waals surface area (Å²) < 4.78 is 2.90. The van der Waals surface area contributed by atoms with E-state index in [0.717, 1.165) is 15.8 Å². The zero-order chi connectivity index (χ0) is 21.3. The van der Waals surface area contributed by atoms with E-state index >= 15 is 0 Å². The molecule has 0 radical (unpaired) electrons. The molecule has 2 aromatic carbocycles. The van der Waals surface area contributed by atoms with Gasteiger partial charge in [-0.25, -0.2) is 4.98 Å². The number of hydrogen-bond acceptors (Lipinski definition) is 4. The summed E-state index contributed by atoms with van der Waals surface area (Å²) in [5.41, 5.74) is 3.66. The zero-order valence-corrected chi connectivity index (χ0v) is 18.6. The molecule has 4 rings (SSSR count). The molecule has 4 aromatic rings. The summed E-state index contributed by atoms with van der Waals surface area (Å²) in [4.78, 5) is 20.2. The van der Waals surface area contributed by atoms with E-state index in [-0.39, 0.29) is 11.9 Å². The standard InChI is InChI=1S/C24H26N4OS/c1-16(2)19-11-8-12-21-22(19)25-24(30-21)27(15-18-9-6-5-7-10-18)23(29)20-13-14-28(26-20)17(3)4/h5-14,16-17H,15H2,1-4H3. The molecule has 0 aliphatic heterocycles. The minimum Gasteiger partial charge on any atom is -0.278 e. The van der Waals surface area contributed by atoms with Crippen LogP contribution in [0.3, 0.4) is 0 Å². The highest BCUT2D eigenvalue weighted by atomic mass is 32.1. The predicted octanol–water partition coefficient (Wildman–Crippen LogP) is 6.04. The van der Waals surface area contributed by atoms with Crippen molar-refractivity contribution in [2.24, 2.45) is 0 Å². The number of amides is 1. The molecule has 0 atom stereocenters. The van der Waals surface area contributed by atoms with Crippen molar-refractivity contribution < 1.29 is 4.79 Å². The van der Waals surface area contributed by atoms with E-state index in [2.05, 4.69) is 37.1 Å². The molecule has 5 nitrogen and oxygen atoms in total. The first kappa shape index (κ1) is 20.3. The van der Waals surface area contributed by atoms with Crippen LogP contribution in [0.1, 0.15) is 61.3 Å². The molecule has 0 saturated heterocycles. The van der Waals surface area contributed by atoms with Gasteiger partial charge in [-0.1, -0.05) is 67.6 Å². The number of rotatable bonds is 6. The molecule has 0 aliphatic carbocycles. The molecule has 0 unspecified atom stereocenters. The normalized spacial score (nSPS) is 11.5. The second kappa shape index (κ2) is 8.40. The number of carbonyl (C=O) groups excluding carboxylic acids is 1. The largest absolute Gasteiger partial charge is 0.280 e. The lowest BCUT2D eigenvalue weighted by Gasteiger charge is -2.19. The molecule has 1 amide bonds. The summed E-state index contributed by atoms with van der Waals surface area (Å²) in [6.07, 6.45) is 1.85. The topological polar surface area (TPSA) is 51.0 Å². The smallest absolute Gasteiger partial charge is 0.278 e. The van der Waals surface area contributed by atoms with Crippen LogP contribution < -0.4 is 4.90 Å². The summed E-state index contributed by atoms with van der Waals surface area (Å²) >= 11 is 1.55. The number of hydrogen-bond donors (Lipinski definition) is 0. The van der Waals surface area contributed by atoms with Crippen molar-refractivity contribution in [1.82, 2.24) is 14.8 Å². The lowest BCUT2D eigenvalue weighted by molar-refractivity contribution is 0.0979. The van der Waals surface area contributed by atoms with Crippen LogP contribution in [0, 0.1) is 0 Å². The van der Waals surface area contributed by atoms with Gasteiger partial charge in [0, 0.05) is 12.2 Å². The van der Waals surface area contributed by atoms with Crippen molar-refractivity contribution in [3.63, 3.8) is 0 Å². The van der Waals surface area contributed by atoms with Crippen LogP contribution in [-0.4, -0.2) is 20.7 Å². The highest BCUT2D eigenvalue weighted by Crippen LogP contribution is 2.34. The number of benzene rings is 2. The summed E-state index contributed by atoms with van der Waals surface area (Å²) in [6.45, 7) is 8.87. The Morgan fingerprint density at radius 1 is 1.03 bits per heavy atom. The van der Waals surface area contributed by atoms with Crippen LogP contribution in [0.25, 0.3) is 10.2 Å². The van der Waals surface area contributed by atoms with Gasteiger partial charge >= 0.3 is 0 Å². The molecule has 2 aromatic heterocycles. The van der Waals surface area contributed by atoms with Crippen LogP contribution in [0.4, 0.5) is 5.13 Å². The van der Waals surface area contributed by atoms with Crippen LogP contribution in [0.2, 0.25) is 0 Å². The zero-order valence-electron chi connectivity index (χ0n) is 17.7. The maximum atomic E-state index is 13.5. The number of carbonyl (C=O) groups is 1. The van der Waals surface area contributed by atoms with Crippen molar-refractivity contribution in [2.75, 3.05) is 4.90 Å². The van der Waals surface area contributed by atoms with Crippen molar-refractivity contribution in [2.45, 2.75) is 46.2 Å². The van der Waals surface area contributed by atoms with E-state index in [1.807, 2.05) is 55.1 Å². The third-order valence-electron chi connectivity index (χ3n) is 5.08. The van der Waals surface area contributed by atoms with Gasteiger partial charge in [-0.3, -0.25) is 14.4 Å². The summed E-state index contributed by atoms with van der Waals surface area (Å²) in [6, 6.07) is 18.2. The predicted molar refractivity (Wildman–Crippen MR) is 123 cm³/mol. The van der Waals surface area contributed by atoms with Gasteiger partial charge in [0.25, 0.3) is 5.91 Å². The average molecular weight is 419 g/mol. The minimum absolute atomic E-state index is 0.136. The fourth-order valence-electron chi connectivity index (χ4n) is 3.41. The third kappa shape index (κ3) is 4.00. The van der Waals surface area contributed by atoms with Gasteiger partial charge in [-0.15, -0.1) is 0 Å². The Balaban J connectivity index is 1.78. The quantitative estimate of drug-likeness (QED) is 0.383. The van der Waals surface area contributed by atoms with E-state index in [4.69, 9.17) is 4.98 Å². The van der Waals surface area contributed by atoms with Gasteiger partial charge < -0.3 is 0 Å². The van der Waals surface area contributed by atoms with Gasteiger partial charge in [-0.05, 0) is 43.0 Å². The van der Waals surface area contributed by atoms with Crippen molar-refractivity contribution in [3.8, 4) is 0 Å². The number of thiazole rings is 1. The fourth-order valence-corrected chi connectivity index (χ4v) is 4.41. The summed E-state index contributed by atoms with van der Waals surface area (Å²) in [7, 11) is 0. The second-order valence-electron chi connectivity index (χ2n) is 8.00. The van der Waals surface area contributed by atoms with Crippen molar-refractivity contribution in [3.05, 3.63) is 77.6 Å². The Kier molecular flexibility index (Phi) is 5.68. The van der Waals surface area contributed by atoms with Gasteiger partial charge in [0.05, 0.1) is 16.8 Å². The second-order valence-corrected chi connectivity index (χ2v) is 9.01. The molecule has 0 fully saturated rings. The van der Waals surface area contributed by atoms with Crippen LogP contribution >= 0.6 is 11.3 Å². The molecule has 30 heavy (non-hydrogen) atoms. The van der Waals surface area contributed by atoms with E-state index in [1.54, 1.807) is 22.3 Å². The van der Waals surface area contributed by atoms with Crippen molar-refractivity contribution >= 4 is 32.6 Å². The molecule has 2 heterocycles. The Labute approximate surface area is 181 Å². The van der Waals surface area contributed by atoms with E-state index in [1.165, 1.54) is 5.56 Å². The van der Waals surface area contributed by atoms with Gasteiger partial charge in [-0.2, -0.15) is 5.10 Å². The molecule has 0 aliphatic rings. The highest BCUT2D eigenvalue weighted by molar-refractivity contribution is 7.22. The van der Waals surface area contributed by atoms with E-state index in [9.17, 15) is 4.79 Å². The third-order valence-corrected chi connectivity index (χ3v) is 6.12. The molecular weight excluding hydrogens is 392 g/mol. The van der Waals surface area contributed by atoms with Gasteiger partial charge in [0.15, 0.2) is 10.8 Å². The molecule has 0 N–H and O–H groups in total. The van der Waals surface area contributed by atoms with E-state index in [0.29, 0.717) is 23.3 Å². The summed E-state index contributed by atoms with van der Waals surface area (Å²) in [5, 5.41) is 5.20. The number of nitrogens with zero attached hydrogens (tertiary/aromatic N) is 4. The highest BCUT2D eigenvalue weighted by Gasteiger charge is 2.24. The van der Waals surface area contributed by atoms with Crippen LogP contribution in [-0.2, 0) is 6.54 Å². The Morgan fingerprint density at radius 2 is 1.80 bits per heavy atom. The molecule has 6 heteroatoms. The SMILES string of the molecule is CC(C)c1cccc2sc(N(Cc3ccccc3)C(=O)c3ccn(C(C)C)n3)nc12. The molecular formula is C24H26N4OS. The lowest BCUT2D eigenvalue weighted by atomic mass is 10.0. The summed E-state index contributed by atoms with van der Waals surface area (Å²) in [5.74, 6) is 0.229. The van der Waals surface area contributed by atoms with Crippen molar-refractivity contribution in [1.29, 1.82) is 0 Å². The molecule has 0 saturated carbocycles. The van der Waals surface area contributed by atoms with Crippen LogP contribution in [0.5, 0.6) is 0 Å². The maximum absolute atomic E-state index is 13.5. The Bertz CT molecular complexity index is 1160. The molecule has 154 valence electrons. The lowest BCUT2D eigenvalue weighted by Crippen LogP contribution is -2.30. The fraction of sp³-hybridized carbons (Fsp3) is 0.292. The number of aromatic nitrogens is 3. The first-order chi connectivity index (χ1) is 14.4. The first-order valence-electron chi connectivity index (χ1n) is 10.2. The first-order valence-corrected chi connectivity index (χ1v) is 11.1. The number of fused-ring (bicyclic) bond motifs is 1. The van der Waals surface area contributed by atoms with Gasteiger partial charge in [0.1, 0.15) is 0 Å².